The lowest BCUT2D eigenvalue weighted by Crippen LogP contribution is -3.13. The van der Waals surface area contributed by atoms with E-state index in [1.165, 1.54) is 21.8 Å². The number of ether oxygens (including phenoxy) is 1. The third-order valence-corrected chi connectivity index (χ3v) is 6.36. The van der Waals surface area contributed by atoms with Gasteiger partial charge in [0, 0.05) is 17.9 Å². The Labute approximate surface area is 188 Å². The first kappa shape index (κ1) is 20.5. The fourth-order valence-electron chi connectivity index (χ4n) is 4.64. The van der Waals surface area contributed by atoms with Crippen LogP contribution in [0.5, 0.6) is 5.75 Å². The monoisotopic (exact) mass is 432 g/mol. The number of piperazine rings is 1. The Morgan fingerprint density at radius 2 is 1.75 bits per heavy atom. The Balaban J connectivity index is 1.26. The zero-order valence-electron chi connectivity index (χ0n) is 18.5. The number of nitrogens with one attached hydrogen (secondary N) is 1. The van der Waals surface area contributed by atoms with Gasteiger partial charge in [0.1, 0.15) is 12.3 Å². The molecule has 0 amide bonds. The number of aryl methyl sites for hydroxylation is 1. The third-order valence-electron chi connectivity index (χ3n) is 6.36. The molecule has 2 aromatic carbocycles. The molecule has 1 fully saturated rings. The van der Waals surface area contributed by atoms with Gasteiger partial charge in [0.2, 0.25) is 11.9 Å². The van der Waals surface area contributed by atoms with Gasteiger partial charge in [-0.05, 0) is 48.7 Å². The molecule has 8 nitrogen and oxygen atoms in total. The van der Waals surface area contributed by atoms with Crippen molar-refractivity contribution in [1.82, 2.24) is 15.0 Å². The van der Waals surface area contributed by atoms with Crippen LogP contribution in [0.3, 0.4) is 0 Å². The highest BCUT2D eigenvalue weighted by Crippen LogP contribution is 2.31. The fraction of sp³-hybridized carbons (Fsp3) is 0.375. The number of para-hydroxylation sites is 1. The van der Waals surface area contributed by atoms with Crippen LogP contribution in [0.15, 0.2) is 48.5 Å². The van der Waals surface area contributed by atoms with Gasteiger partial charge in [-0.25, -0.2) is 0 Å². The van der Waals surface area contributed by atoms with E-state index in [1.54, 1.807) is 7.11 Å². The second-order valence-corrected chi connectivity index (χ2v) is 8.41. The van der Waals surface area contributed by atoms with Crippen molar-refractivity contribution in [3.05, 3.63) is 59.9 Å². The normalized spacial score (nSPS) is 16.7. The van der Waals surface area contributed by atoms with E-state index in [-0.39, 0.29) is 0 Å². The number of benzene rings is 2. The molecule has 3 N–H and O–H groups in total. The minimum atomic E-state index is 0.296. The molecule has 8 heteroatoms. The van der Waals surface area contributed by atoms with Crippen LogP contribution < -0.4 is 25.2 Å². The largest absolute Gasteiger partial charge is 0.497 e. The number of methoxy groups -OCH3 is 1. The summed E-state index contributed by atoms with van der Waals surface area (Å²) in [5, 5.41) is 0. The standard InChI is InChI=1S/C24H29N7O/c1-32-20-10-8-19(9-11-20)30-15-13-29(14-16-30)17-22-26-23(25)28-24(27-22)31-12-4-6-18-5-2-3-7-21(18)31/h2-3,5,7-11H,4,6,12-17H2,1H3,(H2,25,26,27,28)/p+1. The quantitative estimate of drug-likeness (QED) is 0.631. The summed E-state index contributed by atoms with van der Waals surface area (Å²) in [5.41, 5.74) is 9.84. The highest BCUT2D eigenvalue weighted by molar-refractivity contribution is 5.63. The summed E-state index contributed by atoms with van der Waals surface area (Å²) in [7, 11) is 1.69. The molecule has 0 aliphatic carbocycles. The first-order valence-electron chi connectivity index (χ1n) is 11.3. The van der Waals surface area contributed by atoms with Gasteiger partial charge in [0.25, 0.3) is 0 Å². The average molecular weight is 433 g/mol. The maximum absolute atomic E-state index is 6.10. The smallest absolute Gasteiger partial charge is 0.235 e. The molecule has 2 aliphatic heterocycles. The van der Waals surface area contributed by atoms with Crippen LogP contribution in [0.4, 0.5) is 23.3 Å². The molecule has 0 unspecified atom stereocenters. The number of nitrogens with zero attached hydrogens (tertiary/aromatic N) is 5. The number of anilines is 4. The van der Waals surface area contributed by atoms with Crippen molar-refractivity contribution in [2.75, 3.05) is 55.4 Å². The molecule has 32 heavy (non-hydrogen) atoms. The lowest BCUT2D eigenvalue weighted by Gasteiger charge is -2.33. The van der Waals surface area contributed by atoms with E-state index in [9.17, 15) is 0 Å². The minimum absolute atomic E-state index is 0.296. The second kappa shape index (κ2) is 9.00. The van der Waals surface area contributed by atoms with Gasteiger partial charge in [0.05, 0.1) is 33.3 Å². The zero-order valence-corrected chi connectivity index (χ0v) is 18.5. The number of hydrogen-bond donors (Lipinski definition) is 2. The first-order chi connectivity index (χ1) is 15.7. The molecule has 3 heterocycles. The molecule has 0 bridgehead atoms. The van der Waals surface area contributed by atoms with Crippen LogP contribution in [0.25, 0.3) is 0 Å². The Hall–Kier alpha value is -3.39. The maximum atomic E-state index is 6.10. The lowest BCUT2D eigenvalue weighted by atomic mass is 10.0. The van der Waals surface area contributed by atoms with E-state index in [0.717, 1.165) is 63.7 Å². The topological polar surface area (TPSA) is 84.8 Å². The first-order valence-corrected chi connectivity index (χ1v) is 11.3. The SMILES string of the molecule is COc1ccc(N2CC[NH+](Cc3nc(N)nc(N4CCCc5ccccc54)n3)CC2)cc1. The van der Waals surface area contributed by atoms with Crippen molar-refractivity contribution in [1.29, 1.82) is 0 Å². The molecule has 5 rings (SSSR count). The van der Waals surface area contributed by atoms with Gasteiger partial charge in [-0.2, -0.15) is 15.0 Å². The molecule has 2 aliphatic rings. The number of rotatable bonds is 5. The van der Waals surface area contributed by atoms with E-state index in [2.05, 4.69) is 56.2 Å². The van der Waals surface area contributed by atoms with E-state index >= 15 is 0 Å². The van der Waals surface area contributed by atoms with Gasteiger partial charge in [-0.1, -0.05) is 18.2 Å². The van der Waals surface area contributed by atoms with Crippen LogP contribution in [-0.4, -0.2) is 54.8 Å². The number of fused-ring (bicyclic) bond motifs is 1. The van der Waals surface area contributed by atoms with Gasteiger partial charge >= 0.3 is 0 Å². The van der Waals surface area contributed by atoms with Crippen molar-refractivity contribution in [3.63, 3.8) is 0 Å². The Bertz CT molecular complexity index is 1060. The van der Waals surface area contributed by atoms with Gasteiger partial charge in [-0.3, -0.25) is 0 Å². The summed E-state index contributed by atoms with van der Waals surface area (Å²) in [6.45, 7) is 5.70. The maximum Gasteiger partial charge on any atom is 0.235 e. The molecule has 0 atom stereocenters. The molecule has 1 saturated heterocycles. The summed E-state index contributed by atoms with van der Waals surface area (Å²) >= 11 is 0. The highest BCUT2D eigenvalue weighted by atomic mass is 16.5. The Kier molecular flexibility index (Phi) is 5.77. The Morgan fingerprint density at radius 1 is 0.969 bits per heavy atom. The lowest BCUT2D eigenvalue weighted by molar-refractivity contribution is -0.915. The average Bonchev–Trinajstić information content (AvgIpc) is 2.84. The highest BCUT2D eigenvalue weighted by Gasteiger charge is 2.24. The fourth-order valence-corrected chi connectivity index (χ4v) is 4.64. The molecule has 3 aromatic rings. The molecular weight excluding hydrogens is 402 g/mol. The number of hydrogen-bond acceptors (Lipinski definition) is 7. The van der Waals surface area contributed by atoms with Crippen molar-refractivity contribution < 1.29 is 9.64 Å². The third kappa shape index (κ3) is 4.31. The van der Waals surface area contributed by atoms with Crippen molar-refractivity contribution in [2.45, 2.75) is 19.4 Å². The van der Waals surface area contributed by atoms with E-state index < -0.39 is 0 Å². The Morgan fingerprint density at radius 3 is 2.53 bits per heavy atom. The van der Waals surface area contributed by atoms with Gasteiger partial charge in [0.15, 0.2) is 5.82 Å². The summed E-state index contributed by atoms with van der Waals surface area (Å²) in [5.74, 6) is 2.61. The number of aromatic nitrogens is 3. The van der Waals surface area contributed by atoms with Crippen LogP contribution in [0, 0.1) is 0 Å². The number of quaternary nitrogens is 1. The molecule has 0 radical (unpaired) electrons. The molecule has 0 spiro atoms. The van der Waals surface area contributed by atoms with Gasteiger partial charge < -0.3 is 25.2 Å². The summed E-state index contributed by atoms with van der Waals surface area (Å²) in [6, 6.07) is 16.8. The predicted octanol–water partition coefficient (Wildman–Crippen LogP) is 1.45. The number of nitrogens with two attached hydrogens (primary N) is 1. The second-order valence-electron chi connectivity index (χ2n) is 8.41. The number of nitrogen functional groups attached to an aromatic ring is 1. The summed E-state index contributed by atoms with van der Waals surface area (Å²) in [4.78, 5) is 19.8. The predicted molar refractivity (Wildman–Crippen MR) is 126 cm³/mol. The van der Waals surface area contributed by atoms with Crippen LogP contribution >= 0.6 is 0 Å². The summed E-state index contributed by atoms with van der Waals surface area (Å²) < 4.78 is 5.27. The van der Waals surface area contributed by atoms with Gasteiger partial charge in [-0.15, -0.1) is 0 Å². The van der Waals surface area contributed by atoms with Crippen molar-refractivity contribution in [3.8, 4) is 5.75 Å². The van der Waals surface area contributed by atoms with Crippen molar-refractivity contribution >= 4 is 23.3 Å². The molecule has 0 saturated carbocycles. The van der Waals surface area contributed by atoms with Crippen LogP contribution in [-0.2, 0) is 13.0 Å². The minimum Gasteiger partial charge on any atom is -0.497 e. The summed E-state index contributed by atoms with van der Waals surface area (Å²) in [6.07, 6.45) is 2.17. The van der Waals surface area contributed by atoms with Crippen LogP contribution in [0.1, 0.15) is 17.8 Å². The van der Waals surface area contributed by atoms with Crippen molar-refractivity contribution in [2.24, 2.45) is 0 Å². The van der Waals surface area contributed by atoms with E-state index in [4.69, 9.17) is 15.5 Å². The zero-order chi connectivity index (χ0) is 21.9. The van der Waals surface area contributed by atoms with E-state index in [0.29, 0.717) is 11.9 Å². The molecule has 166 valence electrons. The molecule has 1 aromatic heterocycles. The van der Waals surface area contributed by atoms with E-state index in [1.807, 2.05) is 12.1 Å². The van der Waals surface area contributed by atoms with Crippen LogP contribution in [0.2, 0.25) is 0 Å². The molecular formula is C24H30N7O+.